The van der Waals surface area contributed by atoms with Crippen LogP contribution in [0.3, 0.4) is 0 Å². The van der Waals surface area contributed by atoms with Gasteiger partial charge in [-0.3, -0.25) is 0 Å². The van der Waals surface area contributed by atoms with Crippen molar-refractivity contribution >= 4 is 31.4 Å². The SMILES string of the molecule is [Mg+][Se]C1CCCCC1. The first-order valence-electron chi connectivity index (χ1n) is 3.34. The third-order valence-electron chi connectivity index (χ3n) is 1.79. The quantitative estimate of drug-likeness (QED) is 0.545. The van der Waals surface area contributed by atoms with Gasteiger partial charge >= 0.3 is 68.3 Å². The van der Waals surface area contributed by atoms with Crippen LogP contribution in [0.5, 0.6) is 0 Å². The number of rotatable bonds is 1. The molecular weight excluding hydrogens is 175 g/mol. The second kappa shape index (κ2) is 4.16. The molecule has 2 heteroatoms. The van der Waals surface area contributed by atoms with Crippen molar-refractivity contribution < 1.29 is 0 Å². The van der Waals surface area contributed by atoms with Crippen LogP contribution in [-0.2, 0) is 0 Å². The summed E-state index contributed by atoms with van der Waals surface area (Å²) in [7, 11) is 0. The van der Waals surface area contributed by atoms with Gasteiger partial charge in [0, 0.05) is 0 Å². The summed E-state index contributed by atoms with van der Waals surface area (Å²) in [5, 5.41) is 0. The molecule has 0 nitrogen and oxygen atoms in total. The van der Waals surface area contributed by atoms with Gasteiger partial charge in [-0.25, -0.2) is 0 Å². The second-order valence-corrected chi connectivity index (χ2v) is 6.26. The Labute approximate surface area is 68.1 Å². The van der Waals surface area contributed by atoms with Gasteiger partial charge in [0.15, 0.2) is 0 Å². The van der Waals surface area contributed by atoms with Crippen molar-refractivity contribution in [3.05, 3.63) is 0 Å². The van der Waals surface area contributed by atoms with Crippen LogP contribution in [0.1, 0.15) is 32.1 Å². The van der Waals surface area contributed by atoms with Gasteiger partial charge in [-0.1, -0.05) is 0 Å². The van der Waals surface area contributed by atoms with Crippen LogP contribution in [0.2, 0.25) is 4.82 Å². The molecule has 0 radical (unpaired) electrons. The fourth-order valence-corrected chi connectivity index (χ4v) is 4.36. The molecule has 1 rings (SSSR count). The van der Waals surface area contributed by atoms with E-state index in [2.05, 4.69) is 19.5 Å². The molecule has 1 aliphatic rings. The first-order valence-corrected chi connectivity index (χ1v) is 8.54. The third kappa shape index (κ3) is 2.26. The van der Waals surface area contributed by atoms with Gasteiger partial charge in [0.25, 0.3) is 0 Å². The molecule has 8 heavy (non-hydrogen) atoms. The van der Waals surface area contributed by atoms with Crippen molar-refractivity contribution in [3.63, 3.8) is 0 Å². The molecule has 1 aliphatic carbocycles. The molecule has 0 aliphatic heterocycles. The molecule has 0 N–H and O–H groups in total. The van der Waals surface area contributed by atoms with Gasteiger partial charge in [0.2, 0.25) is 0 Å². The third-order valence-corrected chi connectivity index (χ3v) is 6.22. The van der Waals surface area contributed by atoms with Crippen LogP contribution in [0, 0.1) is 0 Å². The Balaban J connectivity index is 2.13. The predicted octanol–water partition coefficient (Wildman–Crippen LogP) is 1.53. The molecule has 1 fully saturated rings. The Morgan fingerprint density at radius 3 is 2.12 bits per heavy atom. The zero-order valence-corrected chi connectivity index (χ0v) is 8.36. The van der Waals surface area contributed by atoms with Crippen molar-refractivity contribution in [2.75, 3.05) is 0 Å². The molecule has 0 atom stereocenters. The molecule has 0 aromatic carbocycles. The van der Waals surface area contributed by atoms with Crippen LogP contribution in [-0.4, -0.2) is 31.4 Å². The van der Waals surface area contributed by atoms with Crippen molar-refractivity contribution in [3.8, 4) is 0 Å². The van der Waals surface area contributed by atoms with E-state index in [0.29, 0.717) is 0 Å². The van der Waals surface area contributed by atoms with E-state index in [0.717, 1.165) is 16.7 Å². The van der Waals surface area contributed by atoms with E-state index in [1.807, 2.05) is 0 Å². The van der Waals surface area contributed by atoms with Crippen LogP contribution in [0.4, 0.5) is 0 Å². The Kier molecular flexibility index (Phi) is 3.84. The second-order valence-electron chi connectivity index (χ2n) is 2.43. The zero-order chi connectivity index (χ0) is 5.82. The summed E-state index contributed by atoms with van der Waals surface area (Å²) in [5.74, 6) is 0. The Morgan fingerprint density at radius 2 is 1.75 bits per heavy atom. The average Bonchev–Trinajstić information content (AvgIpc) is 1.90. The van der Waals surface area contributed by atoms with Gasteiger partial charge in [-0.2, -0.15) is 0 Å². The summed E-state index contributed by atoms with van der Waals surface area (Å²) < 4.78 is 0. The molecule has 42 valence electrons. The molecule has 0 amide bonds. The van der Waals surface area contributed by atoms with Crippen LogP contribution in [0.25, 0.3) is 0 Å². The molecular formula is C6H11MgSe+. The Bertz CT molecular complexity index is 59.5. The van der Waals surface area contributed by atoms with E-state index >= 15 is 0 Å². The van der Waals surface area contributed by atoms with E-state index in [1.165, 1.54) is 19.3 Å². The summed E-state index contributed by atoms with van der Waals surface area (Å²) >= 11 is 3.17. The molecule has 0 heterocycles. The fraction of sp³-hybridized carbons (Fsp3) is 1.00. The van der Waals surface area contributed by atoms with Gasteiger partial charge in [0.1, 0.15) is 0 Å². The fourth-order valence-electron chi connectivity index (χ4n) is 1.23. The minimum absolute atomic E-state index is 0.973. The van der Waals surface area contributed by atoms with E-state index in [4.69, 9.17) is 0 Å². The standard InChI is InChI=1S/C6H12Se.Mg/c7-6-4-2-1-3-5-6;/h6-7H,1-5H2;/q;+2/p-1. The molecule has 0 bridgehead atoms. The Hall–Kier alpha value is 1.29. The molecule has 1 saturated carbocycles. The summed E-state index contributed by atoms with van der Waals surface area (Å²) in [6.07, 6.45) is 7.64. The van der Waals surface area contributed by atoms with Gasteiger partial charge in [0.05, 0.1) is 0 Å². The summed E-state index contributed by atoms with van der Waals surface area (Å²) in [4.78, 5) is 1.16. The number of hydrogen-bond acceptors (Lipinski definition) is 0. The van der Waals surface area contributed by atoms with Crippen LogP contribution in [0.15, 0.2) is 0 Å². The maximum atomic E-state index is 2.20. The van der Waals surface area contributed by atoms with E-state index in [1.54, 1.807) is 12.8 Å². The zero-order valence-electron chi connectivity index (χ0n) is 5.23. The minimum atomic E-state index is 0.973. The van der Waals surface area contributed by atoms with Gasteiger partial charge in [-0.15, -0.1) is 0 Å². The summed E-state index contributed by atoms with van der Waals surface area (Å²) in [5.41, 5.74) is 0. The van der Waals surface area contributed by atoms with E-state index in [9.17, 15) is 0 Å². The summed E-state index contributed by atoms with van der Waals surface area (Å²) in [6, 6.07) is 0. The number of hydrogen-bond donors (Lipinski definition) is 0. The average molecular weight is 186 g/mol. The normalized spacial score (nSPS) is 23.8. The van der Waals surface area contributed by atoms with Gasteiger partial charge < -0.3 is 0 Å². The maximum absolute atomic E-state index is 2.20. The monoisotopic (exact) mass is 187 g/mol. The first-order chi connectivity index (χ1) is 3.93. The topological polar surface area (TPSA) is 0 Å². The van der Waals surface area contributed by atoms with Crippen molar-refractivity contribution in [1.29, 1.82) is 0 Å². The molecule has 0 unspecified atom stereocenters. The van der Waals surface area contributed by atoms with Gasteiger partial charge in [-0.05, 0) is 0 Å². The molecule has 0 spiro atoms. The summed E-state index contributed by atoms with van der Waals surface area (Å²) in [6.45, 7) is 0. The van der Waals surface area contributed by atoms with E-state index in [-0.39, 0.29) is 0 Å². The van der Waals surface area contributed by atoms with Crippen molar-refractivity contribution in [2.45, 2.75) is 36.9 Å². The van der Waals surface area contributed by atoms with Crippen molar-refractivity contribution in [2.24, 2.45) is 0 Å². The first kappa shape index (κ1) is 7.39. The van der Waals surface area contributed by atoms with Crippen molar-refractivity contribution in [1.82, 2.24) is 0 Å². The van der Waals surface area contributed by atoms with Crippen LogP contribution >= 0.6 is 0 Å². The molecule has 0 aromatic heterocycles. The molecule has 0 saturated heterocycles. The molecule has 0 aromatic rings. The Morgan fingerprint density at radius 1 is 1.12 bits per heavy atom. The predicted molar refractivity (Wildman–Crippen MR) is 38.3 cm³/mol. The van der Waals surface area contributed by atoms with E-state index < -0.39 is 0 Å². The van der Waals surface area contributed by atoms with Crippen LogP contribution < -0.4 is 0 Å².